The summed E-state index contributed by atoms with van der Waals surface area (Å²) in [6.07, 6.45) is 8.86. The van der Waals surface area contributed by atoms with Crippen LogP contribution in [-0.2, 0) is 21.4 Å². The molecule has 1 aromatic heterocycles. The molecule has 3 aliphatic heterocycles. The molecule has 1 N–H and O–H groups in total. The molecule has 4 heterocycles. The average molecular weight is 643 g/mol. The Bertz CT molecular complexity index is 1860. The minimum Gasteiger partial charge on any atom is -0.339 e. The first kappa shape index (κ1) is 30.2. The Labute approximate surface area is 272 Å². The summed E-state index contributed by atoms with van der Waals surface area (Å²) in [5.74, 6) is 0.249. The van der Waals surface area contributed by atoms with E-state index in [1.807, 2.05) is 12.1 Å². The van der Waals surface area contributed by atoms with Crippen LogP contribution in [0.15, 0.2) is 36.4 Å². The van der Waals surface area contributed by atoms with Gasteiger partial charge in [-0.1, -0.05) is 49.1 Å². The summed E-state index contributed by atoms with van der Waals surface area (Å²) in [5.41, 5.74) is 6.97. The van der Waals surface area contributed by atoms with E-state index in [0.717, 1.165) is 56.1 Å². The number of sulfonamides is 1. The predicted molar refractivity (Wildman–Crippen MR) is 180 cm³/mol. The van der Waals surface area contributed by atoms with E-state index in [-0.39, 0.29) is 18.0 Å². The van der Waals surface area contributed by atoms with Gasteiger partial charge in [-0.25, -0.2) is 13.1 Å². The number of rotatable bonds is 5. The molecule has 2 aromatic carbocycles. The fourth-order valence-corrected chi connectivity index (χ4v) is 10.1. The lowest BCUT2D eigenvalue weighted by Gasteiger charge is -2.41. The number of nitrogens with zero attached hydrogens (tertiary/aromatic N) is 3. The van der Waals surface area contributed by atoms with Gasteiger partial charge in [0.15, 0.2) is 0 Å². The molecule has 3 aromatic rings. The number of benzene rings is 2. The van der Waals surface area contributed by atoms with E-state index in [1.165, 1.54) is 47.2 Å². The Balaban J connectivity index is 1.32. The Hall–Kier alpha value is -3.17. The summed E-state index contributed by atoms with van der Waals surface area (Å²) in [6, 6.07) is 13.0. The quantitative estimate of drug-likeness (QED) is 0.373. The van der Waals surface area contributed by atoms with E-state index in [2.05, 4.69) is 51.3 Å². The maximum Gasteiger partial charge on any atom is 0.264 e. The number of nitrogens with one attached hydrogen (secondary N) is 1. The van der Waals surface area contributed by atoms with Crippen molar-refractivity contribution in [3.8, 4) is 11.3 Å². The highest BCUT2D eigenvalue weighted by atomic mass is 32.2. The van der Waals surface area contributed by atoms with Crippen molar-refractivity contribution in [3.05, 3.63) is 58.7 Å². The molecule has 8 rings (SSSR count). The number of fused-ring (bicyclic) bond motifs is 9. The largest absolute Gasteiger partial charge is 0.339 e. The molecule has 2 aliphatic carbocycles. The Morgan fingerprint density at radius 3 is 2.37 bits per heavy atom. The van der Waals surface area contributed by atoms with Gasteiger partial charge in [0.05, 0.1) is 16.4 Å². The second-order valence-electron chi connectivity index (χ2n) is 15.3. The lowest BCUT2D eigenvalue weighted by atomic mass is 9.81. The van der Waals surface area contributed by atoms with Gasteiger partial charge in [-0.05, 0) is 89.1 Å². The van der Waals surface area contributed by atoms with E-state index in [1.54, 1.807) is 19.9 Å². The SMILES string of the molecule is Cc1ccc2c(c1)[C@H]1CC1(C(=O)N1C3CCC1CN(C)C3)Cn1c-2c(C2CCCCC2)c2ccc(C(=O)NS(=O)(=O)C(C)C)cc21. The standard InChI is InChI=1S/C37H46N4O4S/c1-22(2)46(44,45)38-35(42)25-11-15-29-32(17-25)40-21-37(36(43)41-26-12-13-27(41)20-39(4)19-26)18-31(37)30-16-23(3)10-14-28(30)34(40)33(29)24-8-6-5-7-9-24/h10-11,14-17,22,24,26-27,31H,5-9,12-13,18-21H2,1-4H3,(H,38,42)/t26?,27?,31-,37?/m1/s1. The molecule has 0 radical (unpaired) electrons. The lowest BCUT2D eigenvalue weighted by molar-refractivity contribution is -0.143. The molecule has 9 heteroatoms. The number of likely N-dealkylation sites (N-methyl/N-ethyl adjacent to an activating group) is 1. The fourth-order valence-electron chi connectivity index (χ4n) is 9.44. The number of piperazine rings is 1. The van der Waals surface area contributed by atoms with E-state index in [0.29, 0.717) is 23.9 Å². The number of aromatic nitrogens is 1. The lowest BCUT2D eigenvalue weighted by Crippen LogP contribution is -2.57. The molecule has 244 valence electrons. The number of carbonyl (C=O) groups is 2. The number of aryl methyl sites for hydroxylation is 1. The molecule has 2 saturated heterocycles. The third-order valence-corrected chi connectivity index (χ3v) is 13.6. The van der Waals surface area contributed by atoms with Crippen LogP contribution in [-0.4, -0.2) is 72.1 Å². The van der Waals surface area contributed by atoms with Crippen molar-refractivity contribution in [3.63, 3.8) is 0 Å². The van der Waals surface area contributed by atoms with Gasteiger partial charge in [-0.2, -0.15) is 0 Å². The van der Waals surface area contributed by atoms with Crippen molar-refractivity contribution in [2.45, 2.75) is 108 Å². The van der Waals surface area contributed by atoms with Gasteiger partial charge < -0.3 is 14.4 Å². The van der Waals surface area contributed by atoms with Gasteiger partial charge in [0.2, 0.25) is 15.9 Å². The van der Waals surface area contributed by atoms with E-state index in [9.17, 15) is 18.0 Å². The first-order valence-corrected chi connectivity index (χ1v) is 18.9. The molecule has 0 spiro atoms. The summed E-state index contributed by atoms with van der Waals surface area (Å²) >= 11 is 0. The van der Waals surface area contributed by atoms with Crippen LogP contribution in [0.3, 0.4) is 0 Å². The first-order chi connectivity index (χ1) is 22.0. The molecule has 4 atom stereocenters. The minimum absolute atomic E-state index is 0.158. The maximum absolute atomic E-state index is 14.9. The Morgan fingerprint density at radius 1 is 0.957 bits per heavy atom. The van der Waals surface area contributed by atoms with Crippen LogP contribution in [0.25, 0.3) is 22.2 Å². The highest BCUT2D eigenvalue weighted by molar-refractivity contribution is 7.90. The number of amides is 2. The highest BCUT2D eigenvalue weighted by Gasteiger charge is 2.65. The first-order valence-electron chi connectivity index (χ1n) is 17.3. The van der Waals surface area contributed by atoms with Crippen LogP contribution in [0.2, 0.25) is 0 Å². The van der Waals surface area contributed by atoms with Gasteiger partial charge in [-0.15, -0.1) is 0 Å². The van der Waals surface area contributed by atoms with Crippen LogP contribution >= 0.6 is 0 Å². The maximum atomic E-state index is 14.9. The number of likely N-dealkylation sites (tertiary alicyclic amines) is 1. The van der Waals surface area contributed by atoms with E-state index >= 15 is 0 Å². The summed E-state index contributed by atoms with van der Waals surface area (Å²) in [5, 5.41) is 0.406. The zero-order valence-corrected chi connectivity index (χ0v) is 28.3. The molecule has 46 heavy (non-hydrogen) atoms. The van der Waals surface area contributed by atoms with Crippen LogP contribution < -0.4 is 4.72 Å². The van der Waals surface area contributed by atoms with Crippen molar-refractivity contribution in [2.75, 3.05) is 20.1 Å². The summed E-state index contributed by atoms with van der Waals surface area (Å²) in [4.78, 5) is 33.0. The van der Waals surface area contributed by atoms with Crippen molar-refractivity contribution in [2.24, 2.45) is 5.41 Å². The number of hydrogen-bond donors (Lipinski definition) is 1. The Kier molecular flexibility index (Phi) is 7.00. The van der Waals surface area contributed by atoms with Gasteiger partial charge >= 0.3 is 0 Å². The molecule has 3 unspecified atom stereocenters. The molecular weight excluding hydrogens is 596 g/mol. The van der Waals surface area contributed by atoms with Gasteiger partial charge in [0.25, 0.3) is 5.91 Å². The summed E-state index contributed by atoms with van der Waals surface area (Å²) < 4.78 is 29.9. The van der Waals surface area contributed by atoms with Gasteiger partial charge in [0, 0.05) is 59.7 Å². The predicted octanol–water partition coefficient (Wildman–Crippen LogP) is 5.92. The number of hydrogen-bond acceptors (Lipinski definition) is 5. The Morgan fingerprint density at radius 2 is 1.67 bits per heavy atom. The van der Waals surface area contributed by atoms with Crippen molar-refractivity contribution >= 4 is 32.7 Å². The molecule has 5 aliphatic rings. The second-order valence-corrected chi connectivity index (χ2v) is 17.5. The van der Waals surface area contributed by atoms with Crippen LogP contribution in [0.1, 0.15) is 104 Å². The summed E-state index contributed by atoms with van der Waals surface area (Å²) in [6.45, 7) is 7.71. The molecule has 8 nitrogen and oxygen atoms in total. The van der Waals surface area contributed by atoms with Gasteiger partial charge in [0.1, 0.15) is 0 Å². The van der Waals surface area contributed by atoms with Crippen LogP contribution in [0.4, 0.5) is 0 Å². The van der Waals surface area contributed by atoms with Crippen molar-refractivity contribution in [1.82, 2.24) is 19.1 Å². The zero-order valence-electron chi connectivity index (χ0n) is 27.5. The molecular formula is C37H46N4O4S. The van der Waals surface area contributed by atoms with Gasteiger partial charge in [-0.3, -0.25) is 9.59 Å². The van der Waals surface area contributed by atoms with E-state index in [4.69, 9.17) is 0 Å². The van der Waals surface area contributed by atoms with E-state index < -0.39 is 26.6 Å². The zero-order chi connectivity index (χ0) is 32.1. The summed E-state index contributed by atoms with van der Waals surface area (Å²) in [7, 11) is -1.61. The number of carbonyl (C=O) groups excluding carboxylic acids is 2. The van der Waals surface area contributed by atoms with Crippen LogP contribution in [0.5, 0.6) is 0 Å². The molecule has 2 bridgehead atoms. The monoisotopic (exact) mass is 642 g/mol. The third kappa shape index (κ3) is 4.59. The smallest absolute Gasteiger partial charge is 0.264 e. The van der Waals surface area contributed by atoms with Crippen molar-refractivity contribution < 1.29 is 18.0 Å². The normalized spacial score (nSPS) is 27.7. The molecule has 2 amide bonds. The third-order valence-electron chi connectivity index (χ3n) is 11.9. The fraction of sp³-hybridized carbons (Fsp3) is 0.568. The van der Waals surface area contributed by atoms with Crippen molar-refractivity contribution in [1.29, 1.82) is 0 Å². The van der Waals surface area contributed by atoms with Crippen LogP contribution in [0, 0.1) is 12.3 Å². The topological polar surface area (TPSA) is 91.7 Å². The minimum atomic E-state index is -3.78. The average Bonchev–Trinajstić information content (AvgIpc) is 3.61. The second kappa shape index (κ2) is 10.7. The molecule has 2 saturated carbocycles. The molecule has 4 fully saturated rings. The highest BCUT2D eigenvalue weighted by Crippen LogP contribution is 2.66.